The molecule has 0 saturated carbocycles. The molecule has 0 fully saturated rings. The summed E-state index contributed by atoms with van der Waals surface area (Å²) >= 11 is 11.2. The van der Waals surface area contributed by atoms with Gasteiger partial charge in [0.15, 0.2) is 0 Å². The van der Waals surface area contributed by atoms with E-state index < -0.39 is 0 Å². The zero-order chi connectivity index (χ0) is 13.7. The van der Waals surface area contributed by atoms with Crippen LogP contribution in [0.5, 0.6) is 0 Å². The third-order valence-corrected chi connectivity index (χ3v) is 4.72. The van der Waals surface area contributed by atoms with E-state index in [9.17, 15) is 0 Å². The van der Waals surface area contributed by atoms with Crippen molar-refractivity contribution < 1.29 is 0 Å². The van der Waals surface area contributed by atoms with Gasteiger partial charge in [0.25, 0.3) is 0 Å². The molecule has 2 heterocycles. The SMILES string of the molecule is CCCNC(Cc1ccc(Cl)s1)c1ncccc1Br. The molecule has 0 bridgehead atoms. The summed E-state index contributed by atoms with van der Waals surface area (Å²) in [6.45, 7) is 3.15. The van der Waals surface area contributed by atoms with Crippen molar-refractivity contribution in [3.8, 4) is 0 Å². The minimum Gasteiger partial charge on any atom is -0.308 e. The molecular weight excluding hydrogens is 344 g/mol. The standard InChI is InChI=1S/C14H16BrClN2S/c1-2-7-17-12(9-10-5-6-13(16)19-10)14-11(15)4-3-8-18-14/h3-6,8,12,17H,2,7,9H2,1H3. The second-order valence-electron chi connectivity index (χ2n) is 4.29. The molecule has 2 aromatic heterocycles. The van der Waals surface area contributed by atoms with Crippen molar-refractivity contribution in [1.82, 2.24) is 10.3 Å². The summed E-state index contributed by atoms with van der Waals surface area (Å²) < 4.78 is 1.88. The molecule has 1 N–H and O–H groups in total. The molecule has 0 aromatic carbocycles. The zero-order valence-electron chi connectivity index (χ0n) is 10.7. The molecule has 2 aromatic rings. The fourth-order valence-electron chi connectivity index (χ4n) is 1.90. The van der Waals surface area contributed by atoms with Crippen LogP contribution in [0.2, 0.25) is 4.34 Å². The maximum absolute atomic E-state index is 6.00. The van der Waals surface area contributed by atoms with Crippen molar-refractivity contribution in [3.63, 3.8) is 0 Å². The van der Waals surface area contributed by atoms with Gasteiger partial charge in [-0.25, -0.2) is 0 Å². The van der Waals surface area contributed by atoms with Crippen molar-refractivity contribution >= 4 is 38.9 Å². The normalized spacial score (nSPS) is 12.6. The van der Waals surface area contributed by atoms with Crippen LogP contribution in [0, 0.1) is 0 Å². The van der Waals surface area contributed by atoms with E-state index in [4.69, 9.17) is 11.6 Å². The Morgan fingerprint density at radius 2 is 2.26 bits per heavy atom. The highest BCUT2D eigenvalue weighted by Gasteiger charge is 2.16. The van der Waals surface area contributed by atoms with Gasteiger partial charge < -0.3 is 5.32 Å². The molecule has 1 atom stereocenters. The molecule has 2 rings (SSSR count). The van der Waals surface area contributed by atoms with Crippen LogP contribution in [0.3, 0.4) is 0 Å². The highest BCUT2D eigenvalue weighted by atomic mass is 79.9. The Hall–Kier alpha value is -0.420. The second kappa shape index (κ2) is 7.39. The summed E-state index contributed by atoms with van der Waals surface area (Å²) in [4.78, 5) is 5.77. The molecule has 0 aliphatic rings. The number of rotatable bonds is 6. The van der Waals surface area contributed by atoms with E-state index in [-0.39, 0.29) is 6.04 Å². The van der Waals surface area contributed by atoms with Gasteiger partial charge in [0.05, 0.1) is 16.1 Å². The molecule has 1 unspecified atom stereocenters. The molecule has 2 nitrogen and oxygen atoms in total. The molecule has 19 heavy (non-hydrogen) atoms. The lowest BCUT2D eigenvalue weighted by Crippen LogP contribution is -2.25. The summed E-state index contributed by atoms with van der Waals surface area (Å²) in [7, 11) is 0. The molecule has 0 saturated heterocycles. The second-order valence-corrected chi connectivity index (χ2v) is 6.94. The number of hydrogen-bond donors (Lipinski definition) is 1. The Bertz CT molecular complexity index is 530. The van der Waals surface area contributed by atoms with Crippen molar-refractivity contribution in [3.05, 3.63) is 49.8 Å². The summed E-state index contributed by atoms with van der Waals surface area (Å²) in [5.74, 6) is 0. The van der Waals surface area contributed by atoms with Crippen molar-refractivity contribution in [2.45, 2.75) is 25.8 Å². The van der Waals surface area contributed by atoms with Gasteiger partial charge >= 0.3 is 0 Å². The Balaban J connectivity index is 2.18. The number of nitrogens with zero attached hydrogens (tertiary/aromatic N) is 1. The lowest BCUT2D eigenvalue weighted by Gasteiger charge is -2.18. The Morgan fingerprint density at radius 3 is 2.89 bits per heavy atom. The van der Waals surface area contributed by atoms with Gasteiger partial charge in [-0.2, -0.15) is 0 Å². The van der Waals surface area contributed by atoms with Crippen LogP contribution in [0.4, 0.5) is 0 Å². The monoisotopic (exact) mass is 358 g/mol. The van der Waals surface area contributed by atoms with Gasteiger partial charge in [0.2, 0.25) is 0 Å². The lowest BCUT2D eigenvalue weighted by molar-refractivity contribution is 0.519. The molecule has 0 amide bonds. The predicted molar refractivity (Wildman–Crippen MR) is 86.0 cm³/mol. The van der Waals surface area contributed by atoms with E-state index in [2.05, 4.69) is 39.2 Å². The van der Waals surface area contributed by atoms with Gasteiger partial charge in [-0.3, -0.25) is 4.98 Å². The number of thiophene rings is 1. The first-order chi connectivity index (χ1) is 9.20. The van der Waals surface area contributed by atoms with Crippen LogP contribution in [0.1, 0.15) is 30.0 Å². The minimum atomic E-state index is 0.213. The molecule has 0 radical (unpaired) electrons. The van der Waals surface area contributed by atoms with E-state index in [0.29, 0.717) is 0 Å². The topological polar surface area (TPSA) is 24.9 Å². The van der Waals surface area contributed by atoms with Crippen LogP contribution in [-0.2, 0) is 6.42 Å². The van der Waals surface area contributed by atoms with Gasteiger partial charge in [0.1, 0.15) is 0 Å². The Morgan fingerprint density at radius 1 is 1.42 bits per heavy atom. The first-order valence-corrected chi connectivity index (χ1v) is 8.27. The third-order valence-electron chi connectivity index (χ3n) is 2.79. The summed E-state index contributed by atoms with van der Waals surface area (Å²) in [5, 5.41) is 3.56. The van der Waals surface area contributed by atoms with Gasteiger partial charge in [-0.15, -0.1) is 11.3 Å². The van der Waals surface area contributed by atoms with Crippen LogP contribution in [-0.4, -0.2) is 11.5 Å². The van der Waals surface area contributed by atoms with Crippen LogP contribution in [0.25, 0.3) is 0 Å². The van der Waals surface area contributed by atoms with Crippen LogP contribution >= 0.6 is 38.9 Å². The van der Waals surface area contributed by atoms with Crippen LogP contribution in [0.15, 0.2) is 34.9 Å². The smallest absolute Gasteiger partial charge is 0.0931 e. The highest BCUT2D eigenvalue weighted by Crippen LogP contribution is 2.28. The molecule has 0 aliphatic heterocycles. The van der Waals surface area contributed by atoms with E-state index >= 15 is 0 Å². The average Bonchev–Trinajstić information content (AvgIpc) is 2.81. The number of nitrogens with one attached hydrogen (secondary N) is 1. The number of halogens is 2. The molecule has 0 spiro atoms. The predicted octanol–water partition coefficient (Wildman–Crippen LogP) is 4.84. The fourth-order valence-corrected chi connectivity index (χ4v) is 3.57. The molecule has 102 valence electrons. The van der Waals surface area contributed by atoms with Crippen molar-refractivity contribution in [1.29, 1.82) is 0 Å². The van der Waals surface area contributed by atoms with E-state index in [1.165, 1.54) is 4.88 Å². The minimum absolute atomic E-state index is 0.213. The summed E-state index contributed by atoms with van der Waals surface area (Å²) in [6.07, 6.45) is 3.85. The summed E-state index contributed by atoms with van der Waals surface area (Å²) in [5.41, 5.74) is 1.06. The average molecular weight is 360 g/mol. The largest absolute Gasteiger partial charge is 0.308 e. The molecular formula is C14H16BrClN2S. The first-order valence-electron chi connectivity index (χ1n) is 6.28. The number of hydrogen-bond acceptors (Lipinski definition) is 3. The number of aromatic nitrogens is 1. The van der Waals surface area contributed by atoms with Gasteiger partial charge in [-0.05, 0) is 53.2 Å². The fraction of sp³-hybridized carbons (Fsp3) is 0.357. The maximum atomic E-state index is 6.00. The van der Waals surface area contributed by atoms with E-state index in [0.717, 1.165) is 33.9 Å². The van der Waals surface area contributed by atoms with Crippen molar-refractivity contribution in [2.75, 3.05) is 6.54 Å². The Kier molecular flexibility index (Phi) is 5.82. The molecule has 5 heteroatoms. The van der Waals surface area contributed by atoms with Crippen molar-refractivity contribution in [2.24, 2.45) is 0 Å². The van der Waals surface area contributed by atoms with Crippen LogP contribution < -0.4 is 5.32 Å². The molecule has 0 aliphatic carbocycles. The summed E-state index contributed by atoms with van der Waals surface area (Å²) in [6, 6.07) is 8.22. The first kappa shape index (κ1) is 15.0. The zero-order valence-corrected chi connectivity index (χ0v) is 13.9. The Labute approximate surface area is 131 Å². The highest BCUT2D eigenvalue weighted by molar-refractivity contribution is 9.10. The maximum Gasteiger partial charge on any atom is 0.0931 e. The van der Waals surface area contributed by atoms with Gasteiger partial charge in [0, 0.05) is 22.0 Å². The van der Waals surface area contributed by atoms with E-state index in [1.54, 1.807) is 11.3 Å². The number of pyridine rings is 1. The quantitative estimate of drug-likeness (QED) is 0.798. The van der Waals surface area contributed by atoms with E-state index in [1.807, 2.05) is 24.4 Å². The third kappa shape index (κ3) is 4.28. The lowest BCUT2D eigenvalue weighted by atomic mass is 10.1. The van der Waals surface area contributed by atoms with Gasteiger partial charge in [-0.1, -0.05) is 18.5 Å².